The van der Waals surface area contributed by atoms with Gasteiger partial charge in [0, 0.05) is 13.6 Å². The Hall–Kier alpha value is -1.26. The number of aliphatic carboxylic acids is 1. The van der Waals surface area contributed by atoms with E-state index in [4.69, 9.17) is 0 Å². The number of hydrogen-bond acceptors (Lipinski definition) is 2. The number of carboxylic acids is 1. The fourth-order valence-corrected chi connectivity index (χ4v) is 2.65. The van der Waals surface area contributed by atoms with Gasteiger partial charge in [-0.15, -0.1) is 0 Å². The van der Waals surface area contributed by atoms with E-state index in [2.05, 4.69) is 5.32 Å². The fourth-order valence-electron chi connectivity index (χ4n) is 2.65. The molecule has 0 aromatic heterocycles. The number of carbonyl (C=O) groups is 2. The topological polar surface area (TPSA) is 69.6 Å². The van der Waals surface area contributed by atoms with Gasteiger partial charge in [0.1, 0.15) is 5.54 Å². The van der Waals surface area contributed by atoms with Crippen molar-refractivity contribution in [3.8, 4) is 0 Å². The maximum atomic E-state index is 12.0. The summed E-state index contributed by atoms with van der Waals surface area (Å²) in [6, 6.07) is -0.284. The summed E-state index contributed by atoms with van der Waals surface area (Å²) in [5.74, 6) is -0.570. The van der Waals surface area contributed by atoms with Crippen LogP contribution in [0, 0.1) is 5.92 Å². The second-order valence-electron chi connectivity index (χ2n) is 5.44. The van der Waals surface area contributed by atoms with Crippen LogP contribution in [0.3, 0.4) is 0 Å². The van der Waals surface area contributed by atoms with Crippen molar-refractivity contribution < 1.29 is 14.7 Å². The Morgan fingerprint density at radius 2 is 2.17 bits per heavy atom. The number of nitrogens with one attached hydrogen (secondary N) is 1. The van der Waals surface area contributed by atoms with E-state index in [-0.39, 0.29) is 6.03 Å². The number of rotatable bonds is 4. The molecule has 2 atom stereocenters. The van der Waals surface area contributed by atoms with Gasteiger partial charge in [0.25, 0.3) is 0 Å². The van der Waals surface area contributed by atoms with Crippen LogP contribution in [0.15, 0.2) is 0 Å². The number of carbonyl (C=O) groups excluding carboxylic acids is 1. The normalized spacial score (nSPS) is 27.6. The van der Waals surface area contributed by atoms with E-state index in [0.29, 0.717) is 25.3 Å². The van der Waals surface area contributed by atoms with Gasteiger partial charge in [-0.3, -0.25) is 0 Å². The number of amides is 2. The van der Waals surface area contributed by atoms with Crippen molar-refractivity contribution in [3.05, 3.63) is 0 Å². The second kappa shape index (κ2) is 6.07. The monoisotopic (exact) mass is 256 g/mol. The molecule has 104 valence electrons. The predicted molar refractivity (Wildman–Crippen MR) is 69.5 cm³/mol. The van der Waals surface area contributed by atoms with Crippen molar-refractivity contribution in [2.45, 2.75) is 51.5 Å². The van der Waals surface area contributed by atoms with Crippen molar-refractivity contribution >= 4 is 12.0 Å². The Kier molecular flexibility index (Phi) is 4.99. The minimum Gasteiger partial charge on any atom is -0.480 e. The minimum atomic E-state index is -1.07. The highest BCUT2D eigenvalue weighted by Gasteiger charge is 2.43. The smallest absolute Gasteiger partial charge is 0.329 e. The summed E-state index contributed by atoms with van der Waals surface area (Å²) in [6.07, 6.45) is 3.80. The van der Waals surface area contributed by atoms with Gasteiger partial charge in [0.15, 0.2) is 0 Å². The summed E-state index contributed by atoms with van der Waals surface area (Å²) < 4.78 is 0. The molecule has 5 nitrogen and oxygen atoms in total. The maximum absolute atomic E-state index is 12.0. The summed E-state index contributed by atoms with van der Waals surface area (Å²) in [6.45, 7) is 4.66. The van der Waals surface area contributed by atoms with Gasteiger partial charge >= 0.3 is 12.0 Å². The van der Waals surface area contributed by atoms with Crippen molar-refractivity contribution in [2.75, 3.05) is 13.6 Å². The lowest BCUT2D eigenvalue weighted by atomic mass is 9.76. The number of urea groups is 1. The predicted octanol–water partition coefficient (Wildman–Crippen LogP) is 2.07. The molecule has 5 heteroatoms. The quantitative estimate of drug-likeness (QED) is 0.809. The maximum Gasteiger partial charge on any atom is 0.329 e. The summed E-state index contributed by atoms with van der Waals surface area (Å²) in [4.78, 5) is 25.0. The molecule has 0 saturated heterocycles. The van der Waals surface area contributed by atoms with Crippen LogP contribution in [0.25, 0.3) is 0 Å². The van der Waals surface area contributed by atoms with Crippen molar-refractivity contribution in [1.82, 2.24) is 10.2 Å². The van der Waals surface area contributed by atoms with Crippen LogP contribution >= 0.6 is 0 Å². The molecule has 0 radical (unpaired) electrons. The van der Waals surface area contributed by atoms with E-state index in [1.54, 1.807) is 11.9 Å². The van der Waals surface area contributed by atoms with Crippen LogP contribution in [0.1, 0.15) is 46.0 Å². The zero-order valence-electron chi connectivity index (χ0n) is 11.5. The first kappa shape index (κ1) is 14.8. The van der Waals surface area contributed by atoms with E-state index in [1.807, 2.05) is 13.8 Å². The minimum absolute atomic E-state index is 0.284. The third-order valence-electron chi connectivity index (χ3n) is 3.66. The third kappa shape index (κ3) is 3.37. The van der Waals surface area contributed by atoms with Gasteiger partial charge in [-0.05, 0) is 25.2 Å². The van der Waals surface area contributed by atoms with Crippen LogP contribution in [0.2, 0.25) is 0 Å². The fraction of sp³-hybridized carbons (Fsp3) is 0.846. The van der Waals surface area contributed by atoms with E-state index < -0.39 is 11.5 Å². The molecule has 2 N–H and O–H groups in total. The van der Waals surface area contributed by atoms with Gasteiger partial charge in [-0.2, -0.15) is 0 Å². The average Bonchev–Trinajstić information content (AvgIpc) is 2.29. The largest absolute Gasteiger partial charge is 0.480 e. The molecule has 1 rings (SSSR count). The number of hydrogen-bond donors (Lipinski definition) is 2. The molecule has 1 aliphatic rings. The molecular formula is C13H24N2O3. The first-order valence-electron chi connectivity index (χ1n) is 6.68. The van der Waals surface area contributed by atoms with Crippen molar-refractivity contribution in [1.29, 1.82) is 0 Å². The van der Waals surface area contributed by atoms with Crippen LogP contribution < -0.4 is 5.32 Å². The molecule has 1 saturated carbocycles. The first-order valence-corrected chi connectivity index (χ1v) is 6.68. The van der Waals surface area contributed by atoms with Crippen LogP contribution in [-0.4, -0.2) is 41.1 Å². The molecule has 18 heavy (non-hydrogen) atoms. The summed E-state index contributed by atoms with van der Waals surface area (Å²) in [5, 5.41) is 12.2. The summed E-state index contributed by atoms with van der Waals surface area (Å²) >= 11 is 0. The molecule has 2 amide bonds. The van der Waals surface area contributed by atoms with E-state index in [1.165, 1.54) is 0 Å². The van der Waals surface area contributed by atoms with Crippen LogP contribution in [0.4, 0.5) is 4.79 Å². The van der Waals surface area contributed by atoms with Gasteiger partial charge in [0.05, 0.1) is 0 Å². The molecule has 1 fully saturated rings. The Morgan fingerprint density at radius 1 is 1.50 bits per heavy atom. The molecule has 0 bridgehead atoms. The van der Waals surface area contributed by atoms with Crippen molar-refractivity contribution in [3.63, 3.8) is 0 Å². The van der Waals surface area contributed by atoms with Crippen LogP contribution in [-0.2, 0) is 4.79 Å². The number of carboxylic acid groups (broad SMARTS) is 1. The standard InChI is InChI=1S/C13H24N2O3/c1-4-8-15(3)12(18)14-13(11(16)17)7-5-6-10(2)9-13/h10H,4-9H2,1-3H3,(H,14,18)(H,16,17). The molecule has 0 aromatic carbocycles. The molecule has 0 aliphatic heterocycles. The molecule has 0 spiro atoms. The number of nitrogens with zero attached hydrogens (tertiary/aromatic N) is 1. The SMILES string of the molecule is CCCN(C)C(=O)NC1(C(=O)O)CCCC(C)C1. The van der Waals surface area contributed by atoms with Gasteiger partial charge in [-0.1, -0.05) is 26.7 Å². The van der Waals surface area contributed by atoms with Gasteiger partial charge < -0.3 is 15.3 Å². The van der Waals surface area contributed by atoms with Gasteiger partial charge in [-0.25, -0.2) is 9.59 Å². The lowest BCUT2D eigenvalue weighted by Crippen LogP contribution is -2.59. The molecule has 0 aromatic rings. The Labute approximate surface area is 109 Å². The highest BCUT2D eigenvalue weighted by Crippen LogP contribution is 2.32. The van der Waals surface area contributed by atoms with Crippen molar-refractivity contribution in [2.24, 2.45) is 5.92 Å². The highest BCUT2D eigenvalue weighted by molar-refractivity contribution is 5.86. The third-order valence-corrected chi connectivity index (χ3v) is 3.66. The second-order valence-corrected chi connectivity index (χ2v) is 5.44. The molecule has 2 unspecified atom stereocenters. The summed E-state index contributed by atoms with van der Waals surface area (Å²) in [7, 11) is 1.70. The summed E-state index contributed by atoms with van der Waals surface area (Å²) in [5.41, 5.74) is -1.07. The van der Waals surface area contributed by atoms with E-state index >= 15 is 0 Å². The Bertz CT molecular complexity index is 319. The van der Waals surface area contributed by atoms with E-state index in [0.717, 1.165) is 19.3 Å². The molecule has 0 heterocycles. The zero-order chi connectivity index (χ0) is 13.8. The zero-order valence-corrected chi connectivity index (χ0v) is 11.5. The lowest BCUT2D eigenvalue weighted by molar-refractivity contribution is -0.146. The van der Waals surface area contributed by atoms with E-state index in [9.17, 15) is 14.7 Å². The van der Waals surface area contributed by atoms with Crippen LogP contribution in [0.5, 0.6) is 0 Å². The highest BCUT2D eigenvalue weighted by atomic mass is 16.4. The average molecular weight is 256 g/mol. The Balaban J connectivity index is 2.74. The lowest BCUT2D eigenvalue weighted by Gasteiger charge is -2.38. The van der Waals surface area contributed by atoms with Gasteiger partial charge in [0.2, 0.25) is 0 Å². The molecular weight excluding hydrogens is 232 g/mol. The molecule has 1 aliphatic carbocycles. The first-order chi connectivity index (χ1) is 8.41. The Morgan fingerprint density at radius 3 is 2.67 bits per heavy atom.